The van der Waals surface area contributed by atoms with E-state index in [9.17, 15) is 4.79 Å². The first-order chi connectivity index (χ1) is 16.2. The number of thioether (sulfide) groups is 1. The van der Waals surface area contributed by atoms with Crippen molar-refractivity contribution in [3.63, 3.8) is 0 Å². The maximum absolute atomic E-state index is 12.9. The van der Waals surface area contributed by atoms with Crippen molar-refractivity contribution >= 4 is 23.5 Å². The third kappa shape index (κ3) is 4.85. The lowest BCUT2D eigenvalue weighted by Gasteiger charge is -2.09. The number of nitrogens with zero attached hydrogens (tertiary/aromatic N) is 5. The first kappa shape index (κ1) is 21.5. The van der Waals surface area contributed by atoms with Gasteiger partial charge in [-0.3, -0.25) is 4.79 Å². The van der Waals surface area contributed by atoms with Crippen LogP contribution in [-0.4, -0.2) is 36.2 Å². The fraction of sp³-hybridized carbons (Fsp3) is 0.280. The minimum Gasteiger partial charge on any atom is -0.310 e. The number of hydrogen-bond donors (Lipinski definition) is 1. The summed E-state index contributed by atoms with van der Waals surface area (Å²) in [7, 11) is 0. The Morgan fingerprint density at radius 3 is 2.67 bits per heavy atom. The number of hydrogen-bond acceptors (Lipinski definition) is 5. The van der Waals surface area contributed by atoms with Gasteiger partial charge >= 0.3 is 0 Å². The van der Waals surface area contributed by atoms with Crippen molar-refractivity contribution in [2.45, 2.75) is 44.3 Å². The summed E-state index contributed by atoms with van der Waals surface area (Å²) in [4.78, 5) is 12.9. The molecular formula is C25H26N6OS. The summed E-state index contributed by atoms with van der Waals surface area (Å²) < 4.78 is 3.94. The summed E-state index contributed by atoms with van der Waals surface area (Å²) in [5, 5.41) is 17.3. The van der Waals surface area contributed by atoms with E-state index >= 15 is 0 Å². The van der Waals surface area contributed by atoms with Gasteiger partial charge in [0.2, 0.25) is 5.91 Å². The Morgan fingerprint density at radius 1 is 1.03 bits per heavy atom. The number of rotatable bonds is 6. The number of nitrogens with one attached hydrogen (secondary N) is 1. The normalized spacial score (nSPS) is 13.4. The second kappa shape index (κ2) is 9.62. The molecule has 2 aromatic carbocycles. The second-order valence-electron chi connectivity index (χ2n) is 8.23. The Bertz CT molecular complexity index is 1250. The summed E-state index contributed by atoms with van der Waals surface area (Å²) in [6, 6.07) is 20.0. The van der Waals surface area contributed by atoms with E-state index in [1.807, 2.05) is 48.5 Å². The van der Waals surface area contributed by atoms with Crippen LogP contribution >= 0.6 is 11.8 Å². The molecule has 0 spiro atoms. The van der Waals surface area contributed by atoms with Gasteiger partial charge in [0.1, 0.15) is 11.6 Å². The third-order valence-electron chi connectivity index (χ3n) is 5.73. The van der Waals surface area contributed by atoms with E-state index in [0.29, 0.717) is 5.82 Å². The van der Waals surface area contributed by atoms with Crippen molar-refractivity contribution in [2.75, 3.05) is 11.1 Å². The number of aryl methyl sites for hydroxylation is 2. The molecule has 0 fully saturated rings. The van der Waals surface area contributed by atoms with E-state index < -0.39 is 0 Å². The van der Waals surface area contributed by atoms with Crippen LogP contribution in [0.5, 0.6) is 0 Å². The molecule has 7 nitrogen and oxygen atoms in total. The van der Waals surface area contributed by atoms with E-state index in [2.05, 4.69) is 39.1 Å². The molecule has 0 atom stereocenters. The third-order valence-corrected chi connectivity index (χ3v) is 6.70. The van der Waals surface area contributed by atoms with Gasteiger partial charge in [-0.25, -0.2) is 4.68 Å². The first-order valence-corrected chi connectivity index (χ1v) is 12.2. The molecule has 0 unspecified atom stereocenters. The molecule has 0 radical (unpaired) electrons. The number of para-hydroxylation sites is 1. The molecule has 33 heavy (non-hydrogen) atoms. The number of anilines is 1. The fourth-order valence-corrected chi connectivity index (χ4v) is 4.76. The Morgan fingerprint density at radius 2 is 1.85 bits per heavy atom. The second-order valence-corrected chi connectivity index (χ2v) is 9.17. The highest BCUT2D eigenvalue weighted by atomic mass is 32.2. The van der Waals surface area contributed by atoms with Crippen molar-refractivity contribution in [3.8, 4) is 16.9 Å². The molecule has 5 rings (SSSR count). The van der Waals surface area contributed by atoms with E-state index in [0.717, 1.165) is 53.7 Å². The molecule has 0 aliphatic carbocycles. The van der Waals surface area contributed by atoms with Crippen LogP contribution in [-0.2, 0) is 17.8 Å². The highest BCUT2D eigenvalue weighted by Gasteiger charge is 2.18. The van der Waals surface area contributed by atoms with E-state index in [1.165, 1.54) is 23.7 Å². The summed E-state index contributed by atoms with van der Waals surface area (Å²) in [6.45, 7) is 2.98. The van der Waals surface area contributed by atoms with Gasteiger partial charge in [-0.05, 0) is 31.9 Å². The quantitative estimate of drug-likeness (QED) is 0.416. The van der Waals surface area contributed by atoms with Crippen LogP contribution < -0.4 is 5.32 Å². The molecule has 1 aliphatic rings. The zero-order chi connectivity index (χ0) is 22.6. The number of amides is 1. The Balaban J connectivity index is 1.35. The molecular weight excluding hydrogens is 432 g/mol. The Hall–Kier alpha value is -3.39. The molecule has 0 bridgehead atoms. The monoisotopic (exact) mass is 458 g/mol. The smallest absolute Gasteiger partial charge is 0.236 e. The highest BCUT2D eigenvalue weighted by Crippen LogP contribution is 2.26. The van der Waals surface area contributed by atoms with Gasteiger partial charge in [-0.15, -0.1) is 10.2 Å². The zero-order valence-electron chi connectivity index (χ0n) is 18.6. The summed E-state index contributed by atoms with van der Waals surface area (Å²) in [5.74, 6) is 1.83. The molecule has 2 aromatic heterocycles. The molecule has 4 aromatic rings. The lowest BCUT2D eigenvalue weighted by Crippen LogP contribution is -2.17. The molecule has 168 valence electrons. The Kier molecular flexibility index (Phi) is 6.26. The minimum atomic E-state index is -0.0986. The van der Waals surface area contributed by atoms with Crippen LogP contribution in [0.25, 0.3) is 16.9 Å². The largest absolute Gasteiger partial charge is 0.310 e. The number of carbonyl (C=O) groups is 1. The maximum Gasteiger partial charge on any atom is 0.236 e. The molecule has 1 aliphatic heterocycles. The van der Waals surface area contributed by atoms with Crippen LogP contribution in [0.2, 0.25) is 0 Å². The lowest BCUT2D eigenvalue weighted by atomic mass is 10.1. The predicted molar refractivity (Wildman–Crippen MR) is 131 cm³/mol. The topological polar surface area (TPSA) is 77.6 Å². The lowest BCUT2D eigenvalue weighted by molar-refractivity contribution is -0.113. The Labute approximate surface area is 197 Å². The molecule has 3 heterocycles. The molecule has 8 heteroatoms. The number of aromatic nitrogens is 5. The number of fused-ring (bicyclic) bond motifs is 1. The SMILES string of the molecule is Cc1ccc(-c2cc(NC(=O)CSc3nnc4n3CCCCC4)n(-c3ccccc3)n2)cc1. The highest BCUT2D eigenvalue weighted by molar-refractivity contribution is 7.99. The van der Waals surface area contributed by atoms with E-state index in [4.69, 9.17) is 5.10 Å². The van der Waals surface area contributed by atoms with Gasteiger partial charge in [0.25, 0.3) is 0 Å². The van der Waals surface area contributed by atoms with E-state index in [1.54, 1.807) is 4.68 Å². The first-order valence-electron chi connectivity index (χ1n) is 11.2. The van der Waals surface area contributed by atoms with Gasteiger partial charge in [0.05, 0.1) is 17.1 Å². The molecule has 1 N–H and O–H groups in total. The number of benzene rings is 2. The number of carbonyl (C=O) groups excluding carboxylic acids is 1. The van der Waals surface area contributed by atoms with Crippen LogP contribution in [0.4, 0.5) is 5.82 Å². The van der Waals surface area contributed by atoms with Gasteiger partial charge < -0.3 is 9.88 Å². The summed E-state index contributed by atoms with van der Waals surface area (Å²) >= 11 is 1.43. The van der Waals surface area contributed by atoms with Crippen molar-refractivity contribution in [1.29, 1.82) is 0 Å². The van der Waals surface area contributed by atoms with Gasteiger partial charge in [0.15, 0.2) is 5.16 Å². The standard InChI is InChI=1S/C25H26N6OS/c1-18-11-13-19(14-12-18)21-16-23(31(29-21)20-8-4-2-5-9-20)26-24(32)17-33-25-28-27-22-10-6-3-7-15-30(22)25/h2,4-5,8-9,11-14,16H,3,6-7,10,15,17H2,1H3,(H,26,32). The predicted octanol–water partition coefficient (Wildman–Crippen LogP) is 4.90. The summed E-state index contributed by atoms with van der Waals surface area (Å²) in [6.07, 6.45) is 4.44. The van der Waals surface area contributed by atoms with Gasteiger partial charge in [-0.1, -0.05) is 66.2 Å². The van der Waals surface area contributed by atoms with Gasteiger partial charge in [0, 0.05) is 24.6 Å². The van der Waals surface area contributed by atoms with Crippen LogP contribution in [0.3, 0.4) is 0 Å². The fourth-order valence-electron chi connectivity index (χ4n) is 3.98. The van der Waals surface area contributed by atoms with Crippen LogP contribution in [0.1, 0.15) is 30.7 Å². The van der Waals surface area contributed by atoms with Gasteiger partial charge in [-0.2, -0.15) is 5.10 Å². The summed E-state index contributed by atoms with van der Waals surface area (Å²) in [5.41, 5.74) is 3.90. The average molecular weight is 459 g/mol. The van der Waals surface area contributed by atoms with Crippen molar-refractivity contribution in [1.82, 2.24) is 24.5 Å². The van der Waals surface area contributed by atoms with Crippen molar-refractivity contribution < 1.29 is 4.79 Å². The molecule has 0 saturated heterocycles. The van der Waals surface area contributed by atoms with Crippen molar-refractivity contribution in [2.24, 2.45) is 0 Å². The molecule has 0 saturated carbocycles. The minimum absolute atomic E-state index is 0.0986. The zero-order valence-corrected chi connectivity index (χ0v) is 19.4. The van der Waals surface area contributed by atoms with Crippen molar-refractivity contribution in [3.05, 3.63) is 72.1 Å². The van der Waals surface area contributed by atoms with Crippen LogP contribution in [0.15, 0.2) is 65.8 Å². The maximum atomic E-state index is 12.9. The van der Waals surface area contributed by atoms with Crippen LogP contribution in [0, 0.1) is 6.92 Å². The average Bonchev–Trinajstić information content (AvgIpc) is 3.35. The molecule has 1 amide bonds. The van der Waals surface area contributed by atoms with E-state index in [-0.39, 0.29) is 11.7 Å².